The third-order valence-corrected chi connectivity index (χ3v) is 5.04. The summed E-state index contributed by atoms with van der Waals surface area (Å²) in [4.78, 5) is 27.2. The number of ether oxygens (including phenoxy) is 1. The molecular formula is C21H33N3O4. The van der Waals surface area contributed by atoms with Crippen molar-refractivity contribution >= 4 is 17.7 Å². The molecule has 2 rings (SSSR count). The summed E-state index contributed by atoms with van der Waals surface area (Å²) in [6.07, 6.45) is 3.52. The molecule has 2 amide bonds. The zero-order chi connectivity index (χ0) is 20.5. The van der Waals surface area contributed by atoms with Crippen molar-refractivity contribution in [2.75, 3.05) is 38.6 Å². The number of aliphatic carboxylic acids is 1. The molecule has 1 saturated heterocycles. The number of anilines is 1. The largest absolute Gasteiger partial charge is 0.494 e. The fourth-order valence-electron chi connectivity index (χ4n) is 3.34. The third kappa shape index (κ3) is 7.38. The van der Waals surface area contributed by atoms with Gasteiger partial charge in [0.2, 0.25) is 0 Å². The lowest BCUT2D eigenvalue weighted by Crippen LogP contribution is -2.38. The molecule has 28 heavy (non-hydrogen) atoms. The Balaban J connectivity index is 1.86. The molecule has 0 saturated carbocycles. The van der Waals surface area contributed by atoms with Gasteiger partial charge in [-0.2, -0.15) is 0 Å². The monoisotopic (exact) mass is 391 g/mol. The molecule has 0 aliphatic carbocycles. The molecular weight excluding hydrogens is 358 g/mol. The van der Waals surface area contributed by atoms with Crippen molar-refractivity contribution in [1.82, 2.24) is 9.80 Å². The number of likely N-dealkylation sites (N-methyl/N-ethyl adjacent to an activating group) is 1. The summed E-state index contributed by atoms with van der Waals surface area (Å²) in [5.41, 5.74) is 0.718. The van der Waals surface area contributed by atoms with E-state index in [1.807, 2.05) is 36.2 Å². The van der Waals surface area contributed by atoms with E-state index >= 15 is 0 Å². The summed E-state index contributed by atoms with van der Waals surface area (Å²) < 4.78 is 5.76. The van der Waals surface area contributed by atoms with Crippen molar-refractivity contribution in [3.8, 4) is 5.75 Å². The summed E-state index contributed by atoms with van der Waals surface area (Å²) in [7, 11) is 1.83. The number of carbonyl (C=O) groups excluding carboxylic acids is 1. The van der Waals surface area contributed by atoms with Crippen molar-refractivity contribution in [3.63, 3.8) is 0 Å². The van der Waals surface area contributed by atoms with Crippen LogP contribution in [0.1, 0.15) is 39.5 Å². The van der Waals surface area contributed by atoms with Gasteiger partial charge >= 0.3 is 12.0 Å². The van der Waals surface area contributed by atoms with E-state index < -0.39 is 5.97 Å². The zero-order valence-electron chi connectivity index (χ0n) is 17.2. The van der Waals surface area contributed by atoms with Gasteiger partial charge < -0.3 is 20.1 Å². The van der Waals surface area contributed by atoms with Gasteiger partial charge in [0.05, 0.1) is 13.2 Å². The minimum absolute atomic E-state index is 0.0282. The molecule has 156 valence electrons. The fourth-order valence-corrected chi connectivity index (χ4v) is 3.34. The van der Waals surface area contributed by atoms with E-state index in [-0.39, 0.29) is 18.6 Å². The van der Waals surface area contributed by atoms with Gasteiger partial charge in [0, 0.05) is 30.9 Å². The first-order valence-corrected chi connectivity index (χ1v) is 10.1. The second kappa shape index (κ2) is 10.9. The Bertz CT molecular complexity index is 650. The summed E-state index contributed by atoms with van der Waals surface area (Å²) >= 11 is 0. The van der Waals surface area contributed by atoms with Crippen LogP contribution in [0.3, 0.4) is 0 Å². The van der Waals surface area contributed by atoms with Crippen LogP contribution in [0.2, 0.25) is 0 Å². The molecule has 2 N–H and O–H groups in total. The van der Waals surface area contributed by atoms with Gasteiger partial charge in [0.15, 0.2) is 0 Å². The average molecular weight is 392 g/mol. The number of hydrogen-bond donors (Lipinski definition) is 2. The van der Waals surface area contributed by atoms with Crippen LogP contribution in [0.5, 0.6) is 5.75 Å². The molecule has 7 heteroatoms. The van der Waals surface area contributed by atoms with Crippen LogP contribution in [0.15, 0.2) is 24.3 Å². The molecule has 1 aliphatic heterocycles. The molecule has 0 bridgehead atoms. The summed E-state index contributed by atoms with van der Waals surface area (Å²) in [5, 5.41) is 11.9. The predicted octanol–water partition coefficient (Wildman–Crippen LogP) is 3.51. The third-order valence-electron chi connectivity index (χ3n) is 5.04. The van der Waals surface area contributed by atoms with Gasteiger partial charge in [-0.3, -0.25) is 9.69 Å². The van der Waals surface area contributed by atoms with Gasteiger partial charge in [0.1, 0.15) is 5.75 Å². The first-order valence-electron chi connectivity index (χ1n) is 10.1. The number of carboxylic acids is 1. The molecule has 1 atom stereocenters. The number of amides is 2. The normalized spacial score (nSPS) is 17.5. The summed E-state index contributed by atoms with van der Waals surface area (Å²) in [6, 6.07) is 7.53. The lowest BCUT2D eigenvalue weighted by Gasteiger charge is -2.25. The Morgan fingerprint density at radius 2 is 2.11 bits per heavy atom. The summed E-state index contributed by atoms with van der Waals surface area (Å²) in [5.74, 6) is 0.519. The Morgan fingerprint density at radius 1 is 1.32 bits per heavy atom. The molecule has 0 radical (unpaired) electrons. The van der Waals surface area contributed by atoms with Crippen LogP contribution in [0.4, 0.5) is 10.5 Å². The number of urea groups is 1. The highest BCUT2D eigenvalue weighted by molar-refractivity contribution is 5.89. The van der Waals surface area contributed by atoms with Crippen LogP contribution in [0, 0.1) is 5.92 Å². The van der Waals surface area contributed by atoms with Crippen molar-refractivity contribution in [2.24, 2.45) is 5.92 Å². The van der Waals surface area contributed by atoms with Crippen molar-refractivity contribution < 1.29 is 19.4 Å². The topological polar surface area (TPSA) is 82.1 Å². The number of likely N-dealkylation sites (tertiary alicyclic amines) is 1. The maximum Gasteiger partial charge on any atom is 0.321 e. The minimum Gasteiger partial charge on any atom is -0.494 e. The number of hydrogen-bond acceptors (Lipinski definition) is 4. The number of carboxylic acid groups (broad SMARTS) is 1. The fraction of sp³-hybridized carbons (Fsp3) is 0.619. The number of nitrogens with one attached hydrogen (secondary N) is 1. The quantitative estimate of drug-likeness (QED) is 0.709. The average Bonchev–Trinajstić information content (AvgIpc) is 2.87. The number of benzene rings is 1. The zero-order valence-corrected chi connectivity index (χ0v) is 17.2. The van der Waals surface area contributed by atoms with E-state index in [9.17, 15) is 9.59 Å². The van der Waals surface area contributed by atoms with Crippen LogP contribution in [-0.2, 0) is 4.79 Å². The number of nitrogens with zero attached hydrogens (tertiary/aromatic N) is 2. The van der Waals surface area contributed by atoms with Crippen molar-refractivity contribution in [3.05, 3.63) is 24.3 Å². The molecule has 1 unspecified atom stereocenters. The van der Waals surface area contributed by atoms with Gasteiger partial charge in [-0.25, -0.2) is 4.79 Å². The molecule has 0 spiro atoms. The second-order valence-electron chi connectivity index (χ2n) is 7.87. The number of rotatable bonds is 8. The molecule has 1 aliphatic rings. The lowest BCUT2D eigenvalue weighted by atomic mass is 10.1. The first-order chi connectivity index (χ1) is 13.3. The maximum absolute atomic E-state index is 12.7. The molecule has 1 aromatic rings. The molecule has 0 aromatic heterocycles. The summed E-state index contributed by atoms with van der Waals surface area (Å²) in [6.45, 7) is 6.29. The molecule has 1 fully saturated rings. The smallest absolute Gasteiger partial charge is 0.321 e. The Hall–Kier alpha value is -2.28. The van der Waals surface area contributed by atoms with E-state index in [4.69, 9.17) is 9.84 Å². The first kappa shape index (κ1) is 22.0. The van der Waals surface area contributed by atoms with Gasteiger partial charge in [-0.05, 0) is 50.8 Å². The van der Waals surface area contributed by atoms with E-state index in [0.717, 1.165) is 37.1 Å². The van der Waals surface area contributed by atoms with E-state index in [0.29, 0.717) is 25.6 Å². The van der Waals surface area contributed by atoms with Crippen molar-refractivity contribution in [2.45, 2.75) is 45.6 Å². The van der Waals surface area contributed by atoms with Crippen LogP contribution in [-0.4, -0.2) is 66.2 Å². The van der Waals surface area contributed by atoms with Crippen LogP contribution >= 0.6 is 0 Å². The SMILES string of the molecule is CC(C)CCOc1cccc(NC(=O)N2CCCC(N(C)CC(=O)O)CC2)c1. The Labute approximate surface area is 167 Å². The standard InChI is InChI=1S/C21H33N3O4/c1-16(2)10-13-28-19-8-4-6-17(14-19)22-21(27)24-11-5-7-18(9-12-24)23(3)15-20(25)26/h4,6,8,14,16,18H,5,7,9-13,15H2,1-3H3,(H,22,27)(H,25,26). The van der Waals surface area contributed by atoms with Crippen LogP contribution < -0.4 is 10.1 Å². The minimum atomic E-state index is -0.822. The van der Waals surface area contributed by atoms with Gasteiger partial charge in [-0.1, -0.05) is 19.9 Å². The molecule has 7 nitrogen and oxygen atoms in total. The highest BCUT2D eigenvalue weighted by Crippen LogP contribution is 2.20. The van der Waals surface area contributed by atoms with E-state index in [1.54, 1.807) is 4.90 Å². The predicted molar refractivity (Wildman–Crippen MR) is 110 cm³/mol. The number of carbonyl (C=O) groups is 2. The van der Waals surface area contributed by atoms with Crippen molar-refractivity contribution in [1.29, 1.82) is 0 Å². The second-order valence-corrected chi connectivity index (χ2v) is 7.87. The van der Waals surface area contributed by atoms with Gasteiger partial charge in [-0.15, -0.1) is 0 Å². The van der Waals surface area contributed by atoms with E-state index in [1.165, 1.54) is 0 Å². The van der Waals surface area contributed by atoms with Gasteiger partial charge in [0.25, 0.3) is 0 Å². The Morgan fingerprint density at radius 3 is 2.82 bits per heavy atom. The van der Waals surface area contributed by atoms with Crippen LogP contribution in [0.25, 0.3) is 0 Å². The van der Waals surface area contributed by atoms with E-state index in [2.05, 4.69) is 19.2 Å². The molecule has 1 aromatic carbocycles. The lowest BCUT2D eigenvalue weighted by molar-refractivity contribution is -0.138. The highest BCUT2D eigenvalue weighted by Gasteiger charge is 2.24. The Kier molecular flexibility index (Phi) is 8.57. The highest BCUT2D eigenvalue weighted by atomic mass is 16.5. The maximum atomic E-state index is 12.7. The molecule has 1 heterocycles.